The number of nitrogens with zero attached hydrogens (tertiary/aromatic N) is 3. The van der Waals surface area contributed by atoms with Gasteiger partial charge in [-0.25, -0.2) is 15.0 Å². The molecule has 0 aliphatic heterocycles. The zero-order valence-electron chi connectivity index (χ0n) is 35.4. The number of benzene rings is 9. The van der Waals surface area contributed by atoms with E-state index in [1.165, 1.54) is 11.3 Å². The lowest BCUT2D eigenvalue weighted by Crippen LogP contribution is -2.00. The summed E-state index contributed by atoms with van der Waals surface area (Å²) in [5.41, 5.74) is 3.79. The van der Waals surface area contributed by atoms with Crippen molar-refractivity contribution in [2.75, 3.05) is 0 Å². The summed E-state index contributed by atoms with van der Waals surface area (Å²) >= 11 is 1.20. The van der Waals surface area contributed by atoms with Crippen LogP contribution in [0.2, 0.25) is 0 Å². The normalized spacial score (nSPS) is 13.4. The van der Waals surface area contributed by atoms with Crippen LogP contribution < -0.4 is 0 Å². The second kappa shape index (κ2) is 12.2. The number of hydrogen-bond acceptors (Lipinski definition) is 5. The Morgan fingerprint density at radius 1 is 0.429 bits per heavy atom. The molecule has 260 valence electrons. The molecule has 0 amide bonds. The molecule has 0 radical (unpaired) electrons. The van der Waals surface area contributed by atoms with Crippen LogP contribution >= 0.6 is 11.3 Å². The maximum Gasteiger partial charge on any atom is 0.167 e. The van der Waals surface area contributed by atoms with E-state index in [-0.39, 0.29) is 64.2 Å². The molecule has 0 aliphatic carbocycles. The summed E-state index contributed by atoms with van der Waals surface area (Å²) < 4.78 is 63.5. The Hall–Kier alpha value is -7.21. The highest BCUT2D eigenvalue weighted by Gasteiger charge is 2.19. The number of hydrogen-bond donors (Lipinski definition) is 0. The Balaban J connectivity index is 1.12. The Kier molecular flexibility index (Phi) is 5.59. The summed E-state index contributed by atoms with van der Waals surface area (Å²) in [6.45, 7) is 0. The number of fused-ring (bicyclic) bond motifs is 12. The fraction of sp³-hybridized carbons (Fsp3) is 0. The molecular formula is C51H29N3OS. The molecule has 0 unspecified atom stereocenters. The quantitative estimate of drug-likeness (QED) is 0.169. The number of thiophene rings is 1. The van der Waals surface area contributed by atoms with Crippen LogP contribution in [0.5, 0.6) is 0 Å². The van der Waals surface area contributed by atoms with E-state index in [9.17, 15) is 6.85 Å². The summed E-state index contributed by atoms with van der Waals surface area (Å²) in [7, 11) is 0. The topological polar surface area (TPSA) is 51.8 Å². The van der Waals surface area contributed by atoms with Gasteiger partial charge in [-0.3, -0.25) is 0 Å². The van der Waals surface area contributed by atoms with Gasteiger partial charge in [0.15, 0.2) is 17.5 Å². The minimum absolute atomic E-state index is 0.0426. The molecule has 0 saturated heterocycles. The monoisotopic (exact) mass is 737 g/mol. The maximum absolute atomic E-state index is 9.76. The molecule has 56 heavy (non-hydrogen) atoms. The van der Waals surface area contributed by atoms with E-state index in [1.807, 2.05) is 103 Å². The van der Waals surface area contributed by atoms with Gasteiger partial charge in [0.1, 0.15) is 11.2 Å². The third kappa shape index (κ3) is 4.75. The number of rotatable bonds is 4. The van der Waals surface area contributed by atoms with Crippen molar-refractivity contribution < 1.29 is 12.6 Å². The van der Waals surface area contributed by atoms with Gasteiger partial charge < -0.3 is 4.42 Å². The largest absolute Gasteiger partial charge is 0.455 e. The second-order valence-electron chi connectivity index (χ2n) is 13.8. The van der Waals surface area contributed by atoms with Gasteiger partial charge in [-0.2, -0.15) is 0 Å². The lowest BCUT2D eigenvalue weighted by atomic mass is 9.92. The third-order valence-electron chi connectivity index (χ3n) is 10.6. The molecule has 0 saturated carbocycles. The van der Waals surface area contributed by atoms with Gasteiger partial charge in [-0.05, 0) is 67.7 Å². The Bertz CT molecular complexity index is 3870. The van der Waals surface area contributed by atoms with Crippen molar-refractivity contribution in [3.8, 4) is 45.3 Å². The average Bonchev–Trinajstić information content (AvgIpc) is 3.90. The van der Waals surface area contributed by atoms with E-state index >= 15 is 0 Å². The third-order valence-corrected chi connectivity index (χ3v) is 11.8. The summed E-state index contributed by atoms with van der Waals surface area (Å²) in [5.74, 6) is 0.656. The molecule has 12 rings (SSSR count). The maximum atomic E-state index is 9.76. The lowest BCUT2D eigenvalue weighted by Gasteiger charge is -2.12. The molecule has 0 N–H and O–H groups in total. The fourth-order valence-corrected chi connectivity index (χ4v) is 9.18. The average molecular weight is 738 g/mol. The first kappa shape index (κ1) is 25.7. The molecule has 0 spiro atoms. The molecule has 3 heterocycles. The van der Waals surface area contributed by atoms with E-state index in [2.05, 4.69) is 36.4 Å². The predicted molar refractivity (Wildman–Crippen MR) is 234 cm³/mol. The van der Waals surface area contributed by atoms with Crippen LogP contribution in [-0.4, -0.2) is 15.0 Å². The van der Waals surface area contributed by atoms with Gasteiger partial charge in [0.05, 0.1) is 13.8 Å². The lowest BCUT2D eigenvalue weighted by molar-refractivity contribution is 0.669. The molecule has 4 nitrogen and oxygen atoms in total. The van der Waals surface area contributed by atoms with Gasteiger partial charge in [0, 0.05) is 42.1 Å². The highest BCUT2D eigenvalue weighted by Crippen LogP contribution is 2.44. The Morgan fingerprint density at radius 3 is 1.86 bits per heavy atom. The van der Waals surface area contributed by atoms with Crippen molar-refractivity contribution in [1.82, 2.24) is 15.0 Å². The molecule has 9 aromatic carbocycles. The first-order chi connectivity index (χ1) is 30.3. The smallest absolute Gasteiger partial charge is 0.167 e. The van der Waals surface area contributed by atoms with Gasteiger partial charge in [0.25, 0.3) is 0 Å². The van der Waals surface area contributed by atoms with Crippen LogP contribution in [0.4, 0.5) is 0 Å². The van der Waals surface area contributed by atoms with Gasteiger partial charge in [-0.15, -0.1) is 11.3 Å². The van der Waals surface area contributed by atoms with Crippen molar-refractivity contribution >= 4 is 85.8 Å². The second-order valence-corrected chi connectivity index (χ2v) is 14.8. The van der Waals surface area contributed by atoms with Crippen LogP contribution in [0.3, 0.4) is 0 Å². The molecule has 3 aromatic heterocycles. The molecule has 12 aromatic rings. The standard InChI is InChI=1S/C51H29N3OS/c1-2-12-30(13-3-1)49-52-50(54-51(53-49)43-22-11-20-41-39-18-8-9-23-45(39)55-47(41)43)32-25-27-40-42-21-10-19-33(48(42)56-46(40)29-32)31-24-26-38-36-16-5-4-14-34(36)35-15-6-7-17-37(35)44(38)28-31/h1-29H/i10D,19D,21D,25D,27D,29D. The molecule has 5 heteroatoms. The zero-order chi connectivity index (χ0) is 42.0. The Labute approximate surface area is 333 Å². The summed E-state index contributed by atoms with van der Waals surface area (Å²) in [5, 5.41) is 8.79. The first-order valence-corrected chi connectivity index (χ1v) is 19.1. The zero-order valence-corrected chi connectivity index (χ0v) is 30.3. The van der Waals surface area contributed by atoms with Crippen molar-refractivity contribution in [3.63, 3.8) is 0 Å². The minimum Gasteiger partial charge on any atom is -0.455 e. The van der Waals surface area contributed by atoms with Crippen molar-refractivity contribution in [3.05, 3.63) is 176 Å². The Morgan fingerprint density at radius 2 is 1.07 bits per heavy atom. The van der Waals surface area contributed by atoms with Crippen molar-refractivity contribution in [2.24, 2.45) is 0 Å². The summed E-state index contributed by atoms with van der Waals surface area (Å²) in [6, 6.07) is 44.4. The van der Waals surface area contributed by atoms with E-state index in [4.69, 9.17) is 20.7 Å². The van der Waals surface area contributed by atoms with Crippen LogP contribution in [0.15, 0.2) is 180 Å². The number of furan rings is 1. The molecule has 0 bridgehead atoms. The van der Waals surface area contributed by atoms with Crippen LogP contribution in [0, 0.1) is 0 Å². The van der Waals surface area contributed by atoms with Gasteiger partial charge >= 0.3 is 0 Å². The summed E-state index contributed by atoms with van der Waals surface area (Å²) in [4.78, 5) is 14.7. The minimum atomic E-state index is -0.286. The first-order valence-electron chi connectivity index (χ1n) is 21.3. The molecule has 0 aliphatic rings. The van der Waals surface area contributed by atoms with Crippen molar-refractivity contribution in [2.45, 2.75) is 0 Å². The van der Waals surface area contributed by atoms with Crippen LogP contribution in [0.1, 0.15) is 8.22 Å². The number of para-hydroxylation sites is 2. The summed E-state index contributed by atoms with van der Waals surface area (Å²) in [6.07, 6.45) is 0. The highest BCUT2D eigenvalue weighted by molar-refractivity contribution is 7.26. The van der Waals surface area contributed by atoms with E-state index in [1.54, 1.807) is 0 Å². The fourth-order valence-electron chi connectivity index (χ4n) is 8.04. The predicted octanol–water partition coefficient (Wildman–Crippen LogP) is 14.3. The molecule has 0 fully saturated rings. The van der Waals surface area contributed by atoms with E-state index in [0.717, 1.165) is 43.1 Å². The van der Waals surface area contributed by atoms with Gasteiger partial charge in [-0.1, -0.05) is 152 Å². The SMILES string of the molecule is [2H]c1c([2H])c([2H])c2c(sc3c([2H])c(-c4nc(-c5ccccc5)nc(-c5cccc6c5oc5ccccc56)n4)c([2H])c([2H])c32)c1-c1ccc2c3ccccc3c3ccccc3c2c1. The number of aromatic nitrogens is 3. The van der Waals surface area contributed by atoms with Crippen LogP contribution in [0.25, 0.3) is 120 Å². The van der Waals surface area contributed by atoms with Gasteiger partial charge in [0.2, 0.25) is 0 Å². The van der Waals surface area contributed by atoms with E-state index < -0.39 is 0 Å². The highest BCUT2D eigenvalue weighted by atomic mass is 32.1. The molecular weight excluding hydrogens is 703 g/mol. The van der Waals surface area contributed by atoms with Crippen molar-refractivity contribution in [1.29, 1.82) is 0 Å². The van der Waals surface area contributed by atoms with Crippen LogP contribution in [-0.2, 0) is 0 Å². The molecule has 0 atom stereocenters. The van der Waals surface area contributed by atoms with E-state index in [0.29, 0.717) is 48.6 Å².